The summed E-state index contributed by atoms with van der Waals surface area (Å²) in [7, 11) is 1.93. The summed E-state index contributed by atoms with van der Waals surface area (Å²) >= 11 is 0. The second-order valence-corrected chi connectivity index (χ2v) is 8.34. The number of carbonyl (C=O) groups excluding carboxylic acids is 1. The topological polar surface area (TPSA) is 99.5 Å². The molecule has 10 heteroatoms. The van der Waals surface area contributed by atoms with Crippen LogP contribution in [0.3, 0.4) is 0 Å². The van der Waals surface area contributed by atoms with Gasteiger partial charge in [0, 0.05) is 25.2 Å². The Labute approximate surface area is 191 Å². The van der Waals surface area contributed by atoms with Gasteiger partial charge >= 0.3 is 0 Å². The molecule has 2 rings (SSSR count). The number of halogens is 1. The van der Waals surface area contributed by atoms with Crippen molar-refractivity contribution in [3.8, 4) is 0 Å². The zero-order valence-corrected chi connectivity index (χ0v) is 20.9. The van der Waals surface area contributed by atoms with E-state index in [2.05, 4.69) is 43.0 Å². The van der Waals surface area contributed by atoms with Crippen LogP contribution in [0.5, 0.6) is 0 Å². The van der Waals surface area contributed by atoms with Crippen molar-refractivity contribution in [3.05, 3.63) is 11.6 Å². The molecule has 1 aromatic heterocycles. The minimum Gasteiger partial charge on any atom is -0.355 e. The standard InChI is InChI=1S/C19H36N8O.HI/c1-7-27-10-8-9-15(27)11-20-18(22-13-17(28)23-19(3,4)5)21-12-16-25-24-14(2)26(16)6;/h15H,7-13H2,1-6H3,(H,23,28)(H2,20,21,22);1H. The molecular formula is C19H37IN8O. The van der Waals surface area contributed by atoms with Gasteiger partial charge in [0.05, 0.1) is 6.54 Å². The molecule has 0 spiro atoms. The summed E-state index contributed by atoms with van der Waals surface area (Å²) in [5, 5.41) is 17.7. The molecule has 9 nitrogen and oxygen atoms in total. The van der Waals surface area contributed by atoms with Crippen LogP contribution >= 0.6 is 24.0 Å². The average Bonchev–Trinajstić information content (AvgIpc) is 3.20. The van der Waals surface area contributed by atoms with Crippen LogP contribution in [0, 0.1) is 6.92 Å². The fraction of sp³-hybridized carbons (Fsp3) is 0.789. The molecule has 0 bridgehead atoms. The number of nitrogens with one attached hydrogen (secondary N) is 3. The normalized spacial score (nSPS) is 17.7. The molecule has 1 fully saturated rings. The lowest BCUT2D eigenvalue weighted by Gasteiger charge is -2.24. The van der Waals surface area contributed by atoms with Gasteiger partial charge in [-0.05, 0) is 53.6 Å². The second-order valence-electron chi connectivity index (χ2n) is 8.34. The van der Waals surface area contributed by atoms with Crippen molar-refractivity contribution >= 4 is 35.8 Å². The summed E-state index contributed by atoms with van der Waals surface area (Å²) in [6.45, 7) is 13.6. The van der Waals surface area contributed by atoms with Crippen molar-refractivity contribution in [2.75, 3.05) is 26.2 Å². The number of likely N-dealkylation sites (N-methyl/N-ethyl adjacent to an activating group) is 1. The molecule has 166 valence electrons. The molecule has 1 atom stereocenters. The van der Waals surface area contributed by atoms with Gasteiger partial charge in [0.25, 0.3) is 0 Å². The number of carbonyl (C=O) groups is 1. The Morgan fingerprint density at radius 1 is 1.28 bits per heavy atom. The van der Waals surface area contributed by atoms with Gasteiger partial charge in [-0.1, -0.05) is 6.92 Å². The van der Waals surface area contributed by atoms with Crippen LogP contribution in [-0.4, -0.2) is 69.3 Å². The van der Waals surface area contributed by atoms with Crippen molar-refractivity contribution in [2.24, 2.45) is 12.0 Å². The zero-order valence-electron chi connectivity index (χ0n) is 18.6. The van der Waals surface area contributed by atoms with E-state index < -0.39 is 0 Å². The van der Waals surface area contributed by atoms with Gasteiger partial charge in [0.2, 0.25) is 5.91 Å². The van der Waals surface area contributed by atoms with Crippen LogP contribution < -0.4 is 16.0 Å². The number of guanidine groups is 1. The number of aromatic nitrogens is 3. The van der Waals surface area contributed by atoms with Gasteiger partial charge < -0.3 is 20.5 Å². The first-order valence-corrected chi connectivity index (χ1v) is 10.1. The first-order valence-electron chi connectivity index (χ1n) is 10.1. The van der Waals surface area contributed by atoms with E-state index in [-0.39, 0.29) is 42.0 Å². The maximum Gasteiger partial charge on any atom is 0.239 e. The highest BCUT2D eigenvalue weighted by Gasteiger charge is 2.23. The third kappa shape index (κ3) is 8.45. The number of nitrogens with zero attached hydrogens (tertiary/aromatic N) is 5. The quantitative estimate of drug-likeness (QED) is 0.284. The number of amides is 1. The van der Waals surface area contributed by atoms with E-state index >= 15 is 0 Å². The number of aliphatic imine (C=N–C) groups is 1. The summed E-state index contributed by atoms with van der Waals surface area (Å²) in [6, 6.07) is 0.498. The molecule has 1 amide bonds. The number of hydrogen-bond donors (Lipinski definition) is 3. The van der Waals surface area contributed by atoms with Crippen LogP contribution in [0.2, 0.25) is 0 Å². The fourth-order valence-corrected chi connectivity index (χ4v) is 3.30. The summed E-state index contributed by atoms with van der Waals surface area (Å²) < 4.78 is 1.92. The Hall–Kier alpha value is -1.43. The first kappa shape index (κ1) is 25.6. The minimum absolute atomic E-state index is 0. The first-order chi connectivity index (χ1) is 13.2. The van der Waals surface area contributed by atoms with Gasteiger partial charge in [0.15, 0.2) is 11.8 Å². The Kier molecular flexibility index (Phi) is 10.3. The molecule has 0 aromatic carbocycles. The van der Waals surface area contributed by atoms with Crippen molar-refractivity contribution in [3.63, 3.8) is 0 Å². The van der Waals surface area contributed by atoms with E-state index in [9.17, 15) is 4.79 Å². The highest BCUT2D eigenvalue weighted by molar-refractivity contribution is 14.0. The molecule has 0 aliphatic carbocycles. The van der Waals surface area contributed by atoms with Crippen LogP contribution in [0.15, 0.2) is 4.99 Å². The Balaban J connectivity index is 0.00000420. The van der Waals surface area contributed by atoms with E-state index in [1.54, 1.807) is 0 Å². The van der Waals surface area contributed by atoms with E-state index in [1.807, 2.05) is 39.3 Å². The van der Waals surface area contributed by atoms with Gasteiger partial charge in [-0.3, -0.25) is 9.69 Å². The molecule has 1 saturated heterocycles. The van der Waals surface area contributed by atoms with Gasteiger partial charge in [-0.15, -0.1) is 34.2 Å². The summed E-state index contributed by atoms with van der Waals surface area (Å²) in [4.78, 5) is 19.3. The van der Waals surface area contributed by atoms with Crippen LogP contribution in [0.4, 0.5) is 0 Å². The Morgan fingerprint density at radius 3 is 2.59 bits per heavy atom. The van der Waals surface area contributed by atoms with Crippen molar-refractivity contribution in [2.45, 2.75) is 65.6 Å². The SMILES string of the molecule is CCN1CCCC1CNC(=NCc1nnc(C)n1C)NCC(=O)NC(C)(C)C.I. The summed E-state index contributed by atoms with van der Waals surface area (Å²) in [6.07, 6.45) is 2.41. The van der Waals surface area contributed by atoms with Crippen LogP contribution in [0.1, 0.15) is 52.2 Å². The highest BCUT2D eigenvalue weighted by Crippen LogP contribution is 2.15. The number of hydrogen-bond acceptors (Lipinski definition) is 5. The summed E-state index contributed by atoms with van der Waals surface area (Å²) in [5.74, 6) is 2.19. The van der Waals surface area contributed by atoms with Crippen LogP contribution in [0.25, 0.3) is 0 Å². The zero-order chi connectivity index (χ0) is 20.7. The van der Waals surface area contributed by atoms with Crippen molar-refractivity contribution in [1.82, 2.24) is 35.6 Å². The molecule has 0 radical (unpaired) electrons. The minimum atomic E-state index is -0.259. The predicted molar refractivity (Wildman–Crippen MR) is 126 cm³/mol. The number of rotatable bonds is 7. The molecule has 1 aliphatic heterocycles. The van der Waals surface area contributed by atoms with E-state index in [0.717, 1.165) is 31.3 Å². The maximum atomic E-state index is 12.2. The van der Waals surface area contributed by atoms with E-state index in [0.29, 0.717) is 18.5 Å². The smallest absolute Gasteiger partial charge is 0.239 e. The molecular weight excluding hydrogens is 483 g/mol. The molecule has 0 saturated carbocycles. The number of likely N-dealkylation sites (tertiary alicyclic amines) is 1. The molecule has 1 unspecified atom stereocenters. The van der Waals surface area contributed by atoms with Crippen molar-refractivity contribution < 1.29 is 4.79 Å². The molecule has 2 heterocycles. The Morgan fingerprint density at radius 2 is 2.00 bits per heavy atom. The molecule has 1 aromatic rings. The van der Waals surface area contributed by atoms with Crippen molar-refractivity contribution in [1.29, 1.82) is 0 Å². The number of aryl methyl sites for hydroxylation is 1. The van der Waals surface area contributed by atoms with E-state index in [4.69, 9.17) is 0 Å². The van der Waals surface area contributed by atoms with Gasteiger partial charge in [-0.25, -0.2) is 4.99 Å². The average molecular weight is 520 g/mol. The van der Waals surface area contributed by atoms with Gasteiger partial charge in [0.1, 0.15) is 12.4 Å². The summed E-state index contributed by atoms with van der Waals surface area (Å²) in [5.41, 5.74) is -0.259. The lowest BCUT2D eigenvalue weighted by atomic mass is 10.1. The third-order valence-electron chi connectivity index (χ3n) is 4.90. The molecule has 1 aliphatic rings. The second kappa shape index (κ2) is 11.7. The maximum absolute atomic E-state index is 12.2. The third-order valence-corrected chi connectivity index (χ3v) is 4.90. The van der Waals surface area contributed by atoms with Crippen LogP contribution in [-0.2, 0) is 18.4 Å². The Bertz CT molecular complexity index is 682. The lowest BCUT2D eigenvalue weighted by Crippen LogP contribution is -2.50. The monoisotopic (exact) mass is 520 g/mol. The van der Waals surface area contributed by atoms with E-state index in [1.165, 1.54) is 12.8 Å². The molecule has 29 heavy (non-hydrogen) atoms. The largest absolute Gasteiger partial charge is 0.355 e. The predicted octanol–water partition coefficient (Wildman–Crippen LogP) is 1.18. The lowest BCUT2D eigenvalue weighted by molar-refractivity contribution is -0.121. The molecule has 3 N–H and O–H groups in total. The fourth-order valence-electron chi connectivity index (χ4n) is 3.30. The highest BCUT2D eigenvalue weighted by atomic mass is 127. The van der Waals surface area contributed by atoms with Gasteiger partial charge in [-0.2, -0.15) is 0 Å².